The predicted molar refractivity (Wildman–Crippen MR) is 59.5 cm³/mol. The zero-order valence-corrected chi connectivity index (χ0v) is 8.79. The van der Waals surface area contributed by atoms with Gasteiger partial charge in [-0.1, -0.05) is 0 Å². The zero-order chi connectivity index (χ0) is 12.0. The lowest BCUT2D eigenvalue weighted by molar-refractivity contribution is 0.259. The lowest BCUT2D eigenvalue weighted by Crippen LogP contribution is -1.94. The van der Waals surface area contributed by atoms with Crippen LogP contribution in [0.2, 0.25) is 0 Å². The molecule has 6 nitrogen and oxygen atoms in total. The molecule has 3 rings (SSSR count). The molecule has 2 atom stereocenters. The molecule has 17 heavy (non-hydrogen) atoms. The van der Waals surface area contributed by atoms with Crippen LogP contribution < -0.4 is 5.73 Å². The van der Waals surface area contributed by atoms with Gasteiger partial charge in [-0.2, -0.15) is 0 Å². The van der Waals surface area contributed by atoms with E-state index >= 15 is 0 Å². The van der Waals surface area contributed by atoms with Gasteiger partial charge in [0.2, 0.25) is 0 Å². The van der Waals surface area contributed by atoms with Crippen LogP contribution in [-0.2, 0) is 0 Å². The summed E-state index contributed by atoms with van der Waals surface area (Å²) >= 11 is 0. The third-order valence-electron chi connectivity index (χ3n) is 2.86. The average molecular weight is 235 g/mol. The summed E-state index contributed by atoms with van der Waals surface area (Å²) < 4.78 is 14.8. The fourth-order valence-corrected chi connectivity index (χ4v) is 1.79. The Balaban J connectivity index is 2.06. The zero-order valence-electron chi connectivity index (χ0n) is 8.79. The van der Waals surface area contributed by atoms with Crippen LogP contribution in [0.1, 0.15) is 0 Å². The van der Waals surface area contributed by atoms with Gasteiger partial charge in [-0.3, -0.25) is 4.57 Å². The molecule has 3 N–H and O–H groups in total. The summed E-state index contributed by atoms with van der Waals surface area (Å²) in [4.78, 5) is 11.9. The third kappa shape index (κ3) is 1.47. The summed E-state index contributed by atoms with van der Waals surface area (Å²) in [5.74, 6) is -0.106. The highest BCUT2D eigenvalue weighted by molar-refractivity contribution is 5.82. The fraction of sp³-hybridized carbons (Fsp3) is 0.300. The van der Waals surface area contributed by atoms with E-state index in [1.165, 1.54) is 12.7 Å². The number of nitrogens with two attached hydrogens (primary N) is 1. The summed E-state index contributed by atoms with van der Waals surface area (Å²) in [6, 6.07) is 0. The maximum absolute atomic E-state index is 13.2. The highest BCUT2D eigenvalue weighted by atomic mass is 19.1. The van der Waals surface area contributed by atoms with Gasteiger partial charge < -0.3 is 10.8 Å². The second kappa shape index (κ2) is 3.49. The molecule has 2 aromatic rings. The Bertz CT molecular complexity index is 608. The second-order valence-corrected chi connectivity index (χ2v) is 3.90. The summed E-state index contributed by atoms with van der Waals surface area (Å²) in [7, 11) is 0. The number of fused-ring (bicyclic) bond motifs is 1. The van der Waals surface area contributed by atoms with Gasteiger partial charge in [0, 0.05) is 12.1 Å². The Morgan fingerprint density at radius 2 is 2.29 bits per heavy atom. The van der Waals surface area contributed by atoms with Crippen LogP contribution in [0.4, 0.5) is 10.2 Å². The molecule has 2 heterocycles. The van der Waals surface area contributed by atoms with Crippen molar-refractivity contribution < 1.29 is 9.50 Å². The highest BCUT2D eigenvalue weighted by Gasteiger charge is 2.44. The van der Waals surface area contributed by atoms with Gasteiger partial charge in [-0.15, -0.1) is 0 Å². The first-order chi connectivity index (χ1) is 8.22. The van der Waals surface area contributed by atoms with Crippen LogP contribution >= 0.6 is 0 Å². The quantitative estimate of drug-likeness (QED) is 0.776. The Morgan fingerprint density at radius 1 is 1.47 bits per heavy atom. The number of anilines is 1. The Labute approximate surface area is 95.6 Å². The molecule has 1 fully saturated rings. The molecule has 88 valence electrons. The van der Waals surface area contributed by atoms with Crippen molar-refractivity contribution in [3.05, 3.63) is 18.2 Å². The molecular formula is C10H10FN5O. The maximum atomic E-state index is 13.2. The van der Waals surface area contributed by atoms with Crippen molar-refractivity contribution in [1.29, 1.82) is 0 Å². The van der Waals surface area contributed by atoms with Crippen molar-refractivity contribution in [2.24, 2.45) is 5.92 Å². The Morgan fingerprint density at radius 3 is 3.00 bits per heavy atom. The molecule has 0 spiro atoms. The van der Waals surface area contributed by atoms with Gasteiger partial charge in [0.05, 0.1) is 6.61 Å². The van der Waals surface area contributed by atoms with E-state index in [0.29, 0.717) is 22.6 Å². The van der Waals surface area contributed by atoms with Crippen LogP contribution in [-0.4, -0.2) is 37.4 Å². The molecule has 0 aromatic carbocycles. The normalized spacial score (nSPS) is 25.6. The number of alkyl halides is 1. The molecule has 0 unspecified atom stereocenters. The van der Waals surface area contributed by atoms with E-state index in [1.807, 2.05) is 0 Å². The van der Waals surface area contributed by atoms with E-state index < -0.39 is 12.1 Å². The number of aromatic nitrogens is 4. The average Bonchev–Trinajstić information content (AvgIpc) is 2.74. The minimum Gasteiger partial charge on any atom is -0.396 e. The Hall–Kier alpha value is -2.02. The van der Waals surface area contributed by atoms with E-state index in [9.17, 15) is 4.39 Å². The maximum Gasteiger partial charge on any atom is 0.169 e. The summed E-state index contributed by atoms with van der Waals surface area (Å²) in [6.07, 6.45) is 3.35. The largest absolute Gasteiger partial charge is 0.396 e. The smallest absolute Gasteiger partial charge is 0.169 e. The van der Waals surface area contributed by atoms with Crippen molar-refractivity contribution in [1.82, 2.24) is 19.5 Å². The van der Waals surface area contributed by atoms with E-state index in [4.69, 9.17) is 10.8 Å². The number of nitrogen functional groups attached to an aromatic ring is 1. The number of rotatable bonds is 2. The Kier molecular flexibility index (Phi) is 2.08. The molecule has 2 aromatic heterocycles. The van der Waals surface area contributed by atoms with Crippen LogP contribution in [0.3, 0.4) is 0 Å². The van der Waals surface area contributed by atoms with Crippen LogP contribution in [0, 0.1) is 5.92 Å². The van der Waals surface area contributed by atoms with Crippen LogP contribution in [0.15, 0.2) is 18.2 Å². The molecule has 1 aliphatic rings. The van der Waals surface area contributed by atoms with E-state index in [-0.39, 0.29) is 6.61 Å². The van der Waals surface area contributed by atoms with Gasteiger partial charge in [-0.05, 0) is 5.57 Å². The first-order valence-electron chi connectivity index (χ1n) is 5.12. The molecule has 0 bridgehead atoms. The molecule has 1 saturated carbocycles. The topological polar surface area (TPSA) is 89.9 Å². The predicted octanol–water partition coefficient (Wildman–Crippen LogP) is 0.210. The van der Waals surface area contributed by atoms with Gasteiger partial charge in [0.25, 0.3) is 0 Å². The standard InChI is InChI=1S/C10H10FN5O/c11-7-5(6(7)2-17)1-16-4-15-8-9(12)13-3-14-10(8)16/h1,3-4,6-7,17H,2H2,(H2,12,13,14)/b5-1-/t6-,7-/m0/s1. The molecule has 1 aliphatic carbocycles. The van der Waals surface area contributed by atoms with Crippen LogP contribution in [0.5, 0.6) is 0 Å². The highest BCUT2D eigenvalue weighted by Crippen LogP contribution is 2.41. The first kappa shape index (κ1) is 10.2. The van der Waals surface area contributed by atoms with Gasteiger partial charge in [0.15, 0.2) is 17.0 Å². The second-order valence-electron chi connectivity index (χ2n) is 3.90. The van der Waals surface area contributed by atoms with Crippen molar-refractivity contribution in [2.45, 2.75) is 6.17 Å². The van der Waals surface area contributed by atoms with Crippen LogP contribution in [0.25, 0.3) is 17.4 Å². The van der Waals surface area contributed by atoms with Crippen molar-refractivity contribution >= 4 is 23.2 Å². The third-order valence-corrected chi connectivity index (χ3v) is 2.86. The van der Waals surface area contributed by atoms with Crippen molar-refractivity contribution in [3.63, 3.8) is 0 Å². The number of hydrogen-bond donors (Lipinski definition) is 2. The minimum atomic E-state index is -1.07. The SMILES string of the molecule is Nc1ncnc2c1ncn2/C=C1\[C@H](F)[C@H]1CO. The van der Waals surface area contributed by atoms with E-state index in [0.717, 1.165) is 0 Å². The van der Waals surface area contributed by atoms with E-state index in [1.54, 1.807) is 10.8 Å². The molecule has 0 saturated heterocycles. The monoisotopic (exact) mass is 235 g/mol. The summed E-state index contributed by atoms with van der Waals surface area (Å²) in [5.41, 5.74) is 7.20. The molecule has 0 radical (unpaired) electrons. The van der Waals surface area contributed by atoms with Gasteiger partial charge in [-0.25, -0.2) is 19.3 Å². The van der Waals surface area contributed by atoms with Crippen molar-refractivity contribution in [2.75, 3.05) is 12.3 Å². The number of aliphatic hydroxyl groups is 1. The summed E-state index contributed by atoms with van der Waals surface area (Å²) in [6.45, 7) is -0.184. The number of nitrogens with zero attached hydrogens (tertiary/aromatic N) is 4. The number of halogens is 1. The lowest BCUT2D eigenvalue weighted by atomic mass is 10.4. The first-order valence-corrected chi connectivity index (χ1v) is 5.12. The molecular weight excluding hydrogens is 225 g/mol. The van der Waals surface area contributed by atoms with Gasteiger partial charge in [0.1, 0.15) is 18.8 Å². The number of imidazole rings is 1. The molecule has 0 amide bonds. The van der Waals surface area contributed by atoms with Crippen molar-refractivity contribution in [3.8, 4) is 0 Å². The summed E-state index contributed by atoms with van der Waals surface area (Å²) in [5, 5.41) is 8.88. The lowest BCUT2D eigenvalue weighted by Gasteiger charge is -1.95. The minimum absolute atomic E-state index is 0.184. The number of aliphatic hydroxyl groups excluding tert-OH is 1. The molecule has 7 heteroatoms. The number of hydrogen-bond acceptors (Lipinski definition) is 5. The molecule has 0 aliphatic heterocycles. The fourth-order valence-electron chi connectivity index (χ4n) is 1.79. The van der Waals surface area contributed by atoms with E-state index in [2.05, 4.69) is 15.0 Å². The van der Waals surface area contributed by atoms with Gasteiger partial charge >= 0.3 is 0 Å².